The summed E-state index contributed by atoms with van der Waals surface area (Å²) >= 11 is 0. The third-order valence-corrected chi connectivity index (χ3v) is 1.42. The van der Waals surface area contributed by atoms with Crippen molar-refractivity contribution in [2.45, 2.75) is 13.2 Å². The summed E-state index contributed by atoms with van der Waals surface area (Å²) in [6.45, 7) is 4.52. The fraction of sp³-hybridized carbons (Fsp3) is 1.00. The van der Waals surface area contributed by atoms with Crippen molar-refractivity contribution in [2.24, 2.45) is 0 Å². The normalized spacial score (nSPS) is 19.9. The lowest BCUT2D eigenvalue weighted by Gasteiger charge is -2.01. The Hall–Kier alpha value is -0.0151. The van der Waals surface area contributed by atoms with Crippen LogP contribution in [0.25, 0.3) is 0 Å². The van der Waals surface area contributed by atoms with Crippen molar-refractivity contribution in [3.05, 3.63) is 0 Å². The first-order valence-electron chi connectivity index (χ1n) is 3.26. The molecule has 1 rings (SSSR count). The minimum atomic E-state index is 0.500. The first-order chi connectivity index (χ1) is 3.93. The van der Waals surface area contributed by atoms with Gasteiger partial charge in [0.2, 0.25) is 0 Å². The van der Waals surface area contributed by atoms with Crippen LogP contribution in [0.15, 0.2) is 0 Å². The summed E-state index contributed by atoms with van der Waals surface area (Å²) in [4.78, 5) is 0. The van der Waals surface area contributed by atoms with Crippen LogP contribution in [0.2, 0.25) is 6.32 Å². The number of rotatable bonds is 2. The predicted molar refractivity (Wildman–Crippen MR) is 35.1 cm³/mol. The average Bonchev–Trinajstić information content (AvgIpc) is 2.19. The van der Waals surface area contributed by atoms with Gasteiger partial charge in [-0.1, -0.05) is 0 Å². The number of hydrogen-bond donors (Lipinski definition) is 1. The second kappa shape index (κ2) is 3.10. The van der Waals surface area contributed by atoms with Gasteiger partial charge in [0.1, 0.15) is 0 Å². The van der Waals surface area contributed by atoms with Crippen LogP contribution in [-0.2, 0) is 4.65 Å². The molecule has 0 atom stereocenters. The van der Waals surface area contributed by atoms with Crippen LogP contribution >= 0.6 is 0 Å². The maximum Gasteiger partial charge on any atom is 0.308 e. The molecule has 1 saturated heterocycles. The van der Waals surface area contributed by atoms with E-state index in [-0.39, 0.29) is 0 Å². The van der Waals surface area contributed by atoms with Crippen LogP contribution in [0.5, 0.6) is 0 Å². The standard InChI is InChI=1S/C5H12BNO/c1-2-8-6-3-4-7-5-6/h7H,2-5H2,1H3. The SMILES string of the molecule is CCOB1CCNC1. The molecule has 0 radical (unpaired) electrons. The van der Waals surface area contributed by atoms with E-state index >= 15 is 0 Å². The van der Waals surface area contributed by atoms with Gasteiger partial charge >= 0.3 is 6.92 Å². The minimum absolute atomic E-state index is 0.500. The quantitative estimate of drug-likeness (QED) is 0.515. The van der Waals surface area contributed by atoms with Gasteiger partial charge in [-0.3, -0.25) is 0 Å². The summed E-state index contributed by atoms with van der Waals surface area (Å²) in [5.41, 5.74) is 0. The highest BCUT2D eigenvalue weighted by atomic mass is 16.4. The molecule has 1 heterocycles. The highest BCUT2D eigenvalue weighted by Crippen LogP contribution is 1.97. The fourth-order valence-electron chi connectivity index (χ4n) is 1.01. The number of hydrogen-bond acceptors (Lipinski definition) is 2. The topological polar surface area (TPSA) is 21.3 Å². The average molecular weight is 113 g/mol. The highest BCUT2D eigenvalue weighted by molar-refractivity contribution is 6.52. The Morgan fingerprint density at radius 2 is 2.62 bits per heavy atom. The Morgan fingerprint density at radius 3 is 3.12 bits per heavy atom. The molecular weight excluding hydrogens is 101 g/mol. The molecule has 46 valence electrons. The zero-order valence-corrected chi connectivity index (χ0v) is 5.31. The Balaban J connectivity index is 2.06. The van der Waals surface area contributed by atoms with E-state index in [2.05, 4.69) is 5.32 Å². The van der Waals surface area contributed by atoms with E-state index in [4.69, 9.17) is 4.65 Å². The largest absolute Gasteiger partial charge is 0.435 e. The molecule has 0 aliphatic carbocycles. The predicted octanol–water partition coefficient (Wildman–Crippen LogP) is 0.157. The van der Waals surface area contributed by atoms with Crippen LogP contribution in [0.1, 0.15) is 6.92 Å². The molecule has 8 heavy (non-hydrogen) atoms. The smallest absolute Gasteiger partial charge is 0.308 e. The Kier molecular flexibility index (Phi) is 2.37. The molecule has 3 heteroatoms. The van der Waals surface area contributed by atoms with Gasteiger partial charge in [-0.25, -0.2) is 0 Å². The molecule has 0 amide bonds. The van der Waals surface area contributed by atoms with Gasteiger partial charge in [0.05, 0.1) is 0 Å². The molecule has 0 aromatic rings. The van der Waals surface area contributed by atoms with Gasteiger partial charge in [-0.2, -0.15) is 0 Å². The summed E-state index contributed by atoms with van der Waals surface area (Å²) in [5, 5.41) is 3.23. The van der Waals surface area contributed by atoms with E-state index in [1.54, 1.807) is 0 Å². The van der Waals surface area contributed by atoms with E-state index in [9.17, 15) is 0 Å². The Labute approximate surface area is 50.7 Å². The van der Waals surface area contributed by atoms with Gasteiger partial charge in [0.15, 0.2) is 0 Å². The molecule has 1 fully saturated rings. The van der Waals surface area contributed by atoms with Crippen molar-refractivity contribution in [2.75, 3.05) is 19.6 Å². The minimum Gasteiger partial charge on any atom is -0.435 e. The second-order valence-electron chi connectivity index (χ2n) is 2.07. The molecule has 2 nitrogen and oxygen atoms in total. The van der Waals surface area contributed by atoms with E-state index in [1.165, 1.54) is 6.32 Å². The van der Waals surface area contributed by atoms with Crippen LogP contribution in [0, 0.1) is 0 Å². The van der Waals surface area contributed by atoms with Crippen LogP contribution in [0.4, 0.5) is 0 Å². The van der Waals surface area contributed by atoms with Crippen LogP contribution < -0.4 is 5.32 Å². The summed E-state index contributed by atoms with van der Waals surface area (Å²) in [6, 6.07) is 0. The van der Waals surface area contributed by atoms with Gasteiger partial charge in [0, 0.05) is 13.1 Å². The molecule has 1 aliphatic rings. The zero-order valence-electron chi connectivity index (χ0n) is 5.31. The maximum atomic E-state index is 5.34. The maximum absolute atomic E-state index is 5.34. The van der Waals surface area contributed by atoms with Gasteiger partial charge in [-0.05, 0) is 19.8 Å². The third-order valence-electron chi connectivity index (χ3n) is 1.42. The highest BCUT2D eigenvalue weighted by Gasteiger charge is 2.18. The molecule has 0 aromatic carbocycles. The summed E-state index contributed by atoms with van der Waals surface area (Å²) in [7, 11) is 0. The molecule has 0 saturated carbocycles. The van der Waals surface area contributed by atoms with E-state index in [0.717, 1.165) is 19.6 Å². The second-order valence-corrected chi connectivity index (χ2v) is 2.07. The first kappa shape index (κ1) is 6.11. The lowest BCUT2D eigenvalue weighted by atomic mass is 9.68. The molecule has 1 aliphatic heterocycles. The van der Waals surface area contributed by atoms with Crippen LogP contribution in [0.3, 0.4) is 0 Å². The van der Waals surface area contributed by atoms with Crippen molar-refractivity contribution in [3.8, 4) is 0 Å². The van der Waals surface area contributed by atoms with E-state index in [0.29, 0.717) is 6.92 Å². The number of nitrogens with one attached hydrogen (secondary N) is 1. The van der Waals surface area contributed by atoms with E-state index in [1.807, 2.05) is 6.92 Å². The van der Waals surface area contributed by atoms with Crippen molar-refractivity contribution < 1.29 is 4.65 Å². The summed E-state index contributed by atoms with van der Waals surface area (Å²) < 4.78 is 5.34. The molecule has 1 N–H and O–H groups in total. The molecule has 0 unspecified atom stereocenters. The third kappa shape index (κ3) is 1.49. The van der Waals surface area contributed by atoms with Crippen molar-refractivity contribution >= 4 is 6.92 Å². The molecule has 0 spiro atoms. The van der Waals surface area contributed by atoms with E-state index < -0.39 is 0 Å². The lowest BCUT2D eigenvalue weighted by molar-refractivity contribution is 0.346. The van der Waals surface area contributed by atoms with Crippen LogP contribution in [-0.4, -0.2) is 26.5 Å². The zero-order chi connectivity index (χ0) is 5.82. The van der Waals surface area contributed by atoms with Gasteiger partial charge in [-0.15, -0.1) is 0 Å². The molecule has 0 aromatic heterocycles. The van der Waals surface area contributed by atoms with Crippen molar-refractivity contribution in [1.29, 1.82) is 0 Å². The fourth-order valence-corrected chi connectivity index (χ4v) is 1.01. The summed E-state index contributed by atoms with van der Waals surface area (Å²) in [5.74, 6) is 0. The monoisotopic (exact) mass is 113 g/mol. The Morgan fingerprint density at radius 1 is 1.75 bits per heavy atom. The first-order valence-corrected chi connectivity index (χ1v) is 3.26. The molecular formula is C5H12BNO. The lowest BCUT2D eigenvalue weighted by Crippen LogP contribution is -2.21. The Bertz CT molecular complexity index is 63.4. The molecule has 0 bridgehead atoms. The van der Waals surface area contributed by atoms with Gasteiger partial charge < -0.3 is 9.97 Å². The summed E-state index contributed by atoms with van der Waals surface area (Å²) in [6.07, 6.45) is 2.24. The van der Waals surface area contributed by atoms with Crippen molar-refractivity contribution in [3.63, 3.8) is 0 Å². The van der Waals surface area contributed by atoms with Crippen molar-refractivity contribution in [1.82, 2.24) is 5.32 Å². The van der Waals surface area contributed by atoms with Gasteiger partial charge in [0.25, 0.3) is 0 Å².